The van der Waals surface area contributed by atoms with Crippen molar-refractivity contribution in [3.8, 4) is 0 Å². The van der Waals surface area contributed by atoms with Gasteiger partial charge in [0.1, 0.15) is 0 Å². The Labute approximate surface area is 116 Å². The van der Waals surface area contributed by atoms with Gasteiger partial charge in [-0.1, -0.05) is 30.7 Å². The Morgan fingerprint density at radius 2 is 1.79 bits per heavy atom. The molecule has 0 spiro atoms. The van der Waals surface area contributed by atoms with E-state index in [2.05, 4.69) is 29.6 Å². The molecule has 3 nitrogen and oxygen atoms in total. The topological polar surface area (TPSA) is 46.2 Å². The van der Waals surface area contributed by atoms with E-state index in [9.17, 15) is 8.42 Å². The maximum absolute atomic E-state index is 11.7. The summed E-state index contributed by atoms with van der Waals surface area (Å²) in [6, 6.07) is 8.29. The fraction of sp³-hybridized carbons (Fsp3) is 0.600. The Balaban J connectivity index is 2.19. The summed E-state index contributed by atoms with van der Waals surface area (Å²) in [5.41, 5.74) is 2.43. The van der Waals surface area contributed by atoms with Crippen LogP contribution in [0.15, 0.2) is 24.3 Å². The third kappa shape index (κ3) is 3.18. The van der Waals surface area contributed by atoms with Crippen LogP contribution in [-0.4, -0.2) is 27.0 Å². The zero-order valence-corrected chi connectivity index (χ0v) is 12.7. The molecule has 2 atom stereocenters. The molecule has 19 heavy (non-hydrogen) atoms. The van der Waals surface area contributed by atoms with Gasteiger partial charge in [0.05, 0.1) is 5.25 Å². The molecule has 1 aliphatic rings. The molecular formula is C15H23NO2S. The van der Waals surface area contributed by atoms with E-state index in [1.54, 1.807) is 6.92 Å². The summed E-state index contributed by atoms with van der Waals surface area (Å²) < 4.78 is 23.4. The zero-order chi connectivity index (χ0) is 14.0. The summed E-state index contributed by atoms with van der Waals surface area (Å²) in [7, 11) is -1.23. The van der Waals surface area contributed by atoms with Gasteiger partial charge in [0, 0.05) is 12.3 Å². The maximum Gasteiger partial charge on any atom is 0.151 e. The van der Waals surface area contributed by atoms with Crippen molar-refractivity contribution in [2.45, 2.75) is 43.4 Å². The number of nitrogens with one attached hydrogen (secondary N) is 1. The first kappa shape index (κ1) is 14.5. The van der Waals surface area contributed by atoms with Crippen LogP contribution in [0.5, 0.6) is 0 Å². The number of hydrogen-bond acceptors (Lipinski definition) is 3. The smallest absolute Gasteiger partial charge is 0.151 e. The van der Waals surface area contributed by atoms with E-state index in [4.69, 9.17) is 0 Å². The lowest BCUT2D eigenvalue weighted by Crippen LogP contribution is -2.33. The summed E-state index contributed by atoms with van der Waals surface area (Å²) in [4.78, 5) is 0. The van der Waals surface area contributed by atoms with Crippen molar-refractivity contribution in [2.24, 2.45) is 0 Å². The molecule has 0 aromatic heterocycles. The molecule has 1 aromatic carbocycles. The average molecular weight is 281 g/mol. The van der Waals surface area contributed by atoms with Gasteiger partial charge >= 0.3 is 0 Å². The predicted octanol–water partition coefficient (Wildman–Crippen LogP) is 2.65. The molecule has 1 saturated carbocycles. The number of benzene rings is 1. The van der Waals surface area contributed by atoms with Crippen molar-refractivity contribution >= 4 is 9.84 Å². The van der Waals surface area contributed by atoms with E-state index in [1.165, 1.54) is 31.1 Å². The van der Waals surface area contributed by atoms with Crippen LogP contribution in [0, 0.1) is 0 Å². The first-order valence-corrected chi connectivity index (χ1v) is 8.85. The Hall–Kier alpha value is -0.870. The van der Waals surface area contributed by atoms with Crippen molar-refractivity contribution in [1.29, 1.82) is 0 Å². The summed E-state index contributed by atoms with van der Waals surface area (Å²) in [6.45, 7) is 1.76. The van der Waals surface area contributed by atoms with Crippen molar-refractivity contribution < 1.29 is 8.42 Å². The van der Waals surface area contributed by atoms with Gasteiger partial charge < -0.3 is 5.32 Å². The SMILES string of the molecule is CNC(c1ccc(C2CCC2)cc1)C(C)S(C)(=O)=O. The number of rotatable bonds is 5. The van der Waals surface area contributed by atoms with E-state index >= 15 is 0 Å². The van der Waals surface area contributed by atoms with Crippen LogP contribution < -0.4 is 5.32 Å². The molecule has 0 bridgehead atoms. The molecule has 2 rings (SSSR count). The van der Waals surface area contributed by atoms with Gasteiger partial charge in [-0.2, -0.15) is 0 Å². The van der Waals surface area contributed by atoms with E-state index < -0.39 is 15.1 Å². The van der Waals surface area contributed by atoms with Crippen LogP contribution in [0.25, 0.3) is 0 Å². The number of hydrogen-bond donors (Lipinski definition) is 1. The molecule has 2 unspecified atom stereocenters. The van der Waals surface area contributed by atoms with E-state index in [0.717, 1.165) is 11.5 Å². The number of sulfone groups is 1. The Morgan fingerprint density at radius 3 is 2.16 bits per heavy atom. The Bertz CT molecular complexity index is 518. The van der Waals surface area contributed by atoms with Crippen molar-refractivity contribution in [2.75, 3.05) is 13.3 Å². The van der Waals surface area contributed by atoms with Gasteiger partial charge in [-0.25, -0.2) is 8.42 Å². The van der Waals surface area contributed by atoms with Gasteiger partial charge in [-0.15, -0.1) is 0 Å². The van der Waals surface area contributed by atoms with Crippen molar-refractivity contribution in [1.82, 2.24) is 5.32 Å². The van der Waals surface area contributed by atoms with Crippen LogP contribution in [-0.2, 0) is 9.84 Å². The maximum atomic E-state index is 11.7. The largest absolute Gasteiger partial charge is 0.312 e. The third-order valence-corrected chi connectivity index (χ3v) is 5.95. The van der Waals surface area contributed by atoms with Crippen LogP contribution in [0.2, 0.25) is 0 Å². The molecule has 1 N–H and O–H groups in total. The minimum atomic E-state index is -3.04. The lowest BCUT2D eigenvalue weighted by Gasteiger charge is -2.27. The Morgan fingerprint density at radius 1 is 1.21 bits per heavy atom. The Kier molecular flexibility index (Phi) is 4.31. The van der Waals surface area contributed by atoms with Gasteiger partial charge in [0.15, 0.2) is 9.84 Å². The van der Waals surface area contributed by atoms with Gasteiger partial charge in [-0.05, 0) is 43.9 Å². The monoisotopic (exact) mass is 281 g/mol. The van der Waals surface area contributed by atoms with Crippen LogP contribution in [0.3, 0.4) is 0 Å². The molecule has 0 saturated heterocycles. The molecule has 1 aromatic rings. The predicted molar refractivity (Wildman–Crippen MR) is 79.1 cm³/mol. The highest BCUT2D eigenvalue weighted by Crippen LogP contribution is 2.36. The van der Waals surface area contributed by atoms with E-state index in [-0.39, 0.29) is 6.04 Å². The quantitative estimate of drug-likeness (QED) is 0.902. The molecule has 0 heterocycles. The molecule has 1 fully saturated rings. The second-order valence-electron chi connectivity index (χ2n) is 5.60. The highest BCUT2D eigenvalue weighted by Gasteiger charge is 2.26. The molecule has 1 aliphatic carbocycles. The lowest BCUT2D eigenvalue weighted by molar-refractivity contribution is 0.419. The third-order valence-electron chi connectivity index (χ3n) is 4.33. The summed E-state index contributed by atoms with van der Waals surface area (Å²) in [5.74, 6) is 0.717. The summed E-state index contributed by atoms with van der Waals surface area (Å²) in [6.07, 6.45) is 5.20. The fourth-order valence-corrected chi connectivity index (χ4v) is 3.42. The second-order valence-corrected chi connectivity index (χ2v) is 8.00. The lowest BCUT2D eigenvalue weighted by atomic mass is 9.80. The zero-order valence-electron chi connectivity index (χ0n) is 11.9. The van der Waals surface area contributed by atoms with Gasteiger partial charge in [-0.3, -0.25) is 0 Å². The minimum Gasteiger partial charge on any atom is -0.312 e. The summed E-state index contributed by atoms with van der Waals surface area (Å²) >= 11 is 0. The van der Waals surface area contributed by atoms with E-state index in [1.807, 2.05) is 7.05 Å². The van der Waals surface area contributed by atoms with Crippen molar-refractivity contribution in [3.63, 3.8) is 0 Å². The molecular weight excluding hydrogens is 258 g/mol. The van der Waals surface area contributed by atoms with Gasteiger partial charge in [0.25, 0.3) is 0 Å². The highest BCUT2D eigenvalue weighted by molar-refractivity contribution is 7.91. The van der Waals surface area contributed by atoms with Gasteiger partial charge in [0.2, 0.25) is 0 Å². The van der Waals surface area contributed by atoms with Crippen LogP contribution in [0.1, 0.15) is 49.3 Å². The van der Waals surface area contributed by atoms with Crippen LogP contribution in [0.4, 0.5) is 0 Å². The first-order chi connectivity index (χ1) is 8.93. The molecule has 0 aliphatic heterocycles. The first-order valence-electron chi connectivity index (χ1n) is 6.89. The second kappa shape index (κ2) is 5.63. The minimum absolute atomic E-state index is 0.148. The van der Waals surface area contributed by atoms with Crippen molar-refractivity contribution in [3.05, 3.63) is 35.4 Å². The summed E-state index contributed by atoms with van der Waals surface area (Å²) in [5, 5.41) is 2.70. The van der Waals surface area contributed by atoms with Crippen LogP contribution >= 0.6 is 0 Å². The van der Waals surface area contributed by atoms with E-state index in [0.29, 0.717) is 0 Å². The normalized spacial score (nSPS) is 19.7. The standard InChI is InChI=1S/C15H23NO2S/c1-11(19(3,17)18)15(16-2)14-9-7-13(8-10-14)12-5-4-6-12/h7-12,15-16H,4-6H2,1-3H3. The molecule has 0 radical (unpaired) electrons. The average Bonchev–Trinajstić information content (AvgIpc) is 2.28. The fourth-order valence-electron chi connectivity index (χ4n) is 2.64. The highest BCUT2D eigenvalue weighted by atomic mass is 32.2. The molecule has 106 valence electrons. The molecule has 0 amide bonds. The molecule has 4 heteroatoms.